The maximum atomic E-state index is 12.9. The molecule has 0 aromatic heterocycles. The van der Waals surface area contributed by atoms with Crippen molar-refractivity contribution in [1.29, 1.82) is 0 Å². The zero-order chi connectivity index (χ0) is 9.30. The Balaban J connectivity index is 3.36. The normalized spacial score (nSPS) is 9.92. The Morgan fingerprint density at radius 2 is 2.17 bits per heavy atom. The Morgan fingerprint density at radius 3 is 2.67 bits per heavy atom. The fourth-order valence-electron chi connectivity index (χ4n) is 0.873. The van der Waals surface area contributed by atoms with Crippen LogP contribution in [0, 0.1) is 5.82 Å². The lowest BCUT2D eigenvalue weighted by atomic mass is 10.1. The molecular weight excluding hydrogens is 181 g/mol. The van der Waals surface area contributed by atoms with Crippen LogP contribution < -0.4 is 5.73 Å². The molecule has 0 radical (unpaired) electrons. The van der Waals surface area contributed by atoms with Crippen LogP contribution in [0.4, 0.5) is 10.1 Å². The van der Waals surface area contributed by atoms with Crippen LogP contribution in [0.5, 0.6) is 0 Å². The van der Waals surface area contributed by atoms with Gasteiger partial charge in [0.05, 0.1) is 10.7 Å². The standard InChI is InChI=1S/C8H7ClFNO/c1-4(12)5-2-3-6(9)7(10)8(5)11/h2-3H,11H2,1H3. The monoisotopic (exact) mass is 187 g/mol. The van der Waals surface area contributed by atoms with Crippen molar-refractivity contribution >= 4 is 23.1 Å². The van der Waals surface area contributed by atoms with Gasteiger partial charge in [-0.2, -0.15) is 0 Å². The summed E-state index contributed by atoms with van der Waals surface area (Å²) in [7, 11) is 0. The van der Waals surface area contributed by atoms with Crippen LogP contribution in [0.2, 0.25) is 5.02 Å². The number of hydrogen-bond donors (Lipinski definition) is 1. The highest BCUT2D eigenvalue weighted by molar-refractivity contribution is 6.31. The molecule has 12 heavy (non-hydrogen) atoms. The van der Waals surface area contributed by atoms with Crippen LogP contribution >= 0.6 is 11.6 Å². The average molecular weight is 188 g/mol. The van der Waals surface area contributed by atoms with E-state index in [1.54, 1.807) is 0 Å². The minimum absolute atomic E-state index is 0.0718. The number of halogens is 2. The van der Waals surface area contributed by atoms with Gasteiger partial charge in [0, 0.05) is 5.56 Å². The molecule has 0 fully saturated rings. The van der Waals surface area contributed by atoms with Crippen LogP contribution in [-0.2, 0) is 0 Å². The molecule has 1 aromatic rings. The molecule has 64 valence electrons. The van der Waals surface area contributed by atoms with Crippen LogP contribution in [0.3, 0.4) is 0 Å². The predicted molar refractivity (Wildman–Crippen MR) is 45.8 cm³/mol. The van der Waals surface area contributed by atoms with Gasteiger partial charge in [0.2, 0.25) is 0 Å². The van der Waals surface area contributed by atoms with E-state index in [0.717, 1.165) is 0 Å². The fraction of sp³-hybridized carbons (Fsp3) is 0.125. The van der Waals surface area contributed by atoms with E-state index in [-0.39, 0.29) is 22.1 Å². The number of rotatable bonds is 1. The first kappa shape index (κ1) is 9.00. The molecule has 2 N–H and O–H groups in total. The third-order valence-electron chi connectivity index (χ3n) is 1.51. The Kier molecular flexibility index (Phi) is 2.33. The molecule has 0 unspecified atom stereocenters. The largest absolute Gasteiger partial charge is 0.396 e. The van der Waals surface area contributed by atoms with Crippen molar-refractivity contribution in [2.45, 2.75) is 6.92 Å². The van der Waals surface area contributed by atoms with Crippen LogP contribution in [0.15, 0.2) is 12.1 Å². The molecule has 0 saturated heterocycles. The molecule has 0 saturated carbocycles. The van der Waals surface area contributed by atoms with Gasteiger partial charge in [-0.1, -0.05) is 11.6 Å². The molecule has 0 amide bonds. The smallest absolute Gasteiger partial charge is 0.165 e. The van der Waals surface area contributed by atoms with Gasteiger partial charge in [-0.3, -0.25) is 4.79 Å². The fourth-order valence-corrected chi connectivity index (χ4v) is 1.04. The predicted octanol–water partition coefficient (Wildman–Crippen LogP) is 2.26. The lowest BCUT2D eigenvalue weighted by molar-refractivity contribution is 0.101. The van der Waals surface area contributed by atoms with Crippen molar-refractivity contribution in [2.24, 2.45) is 0 Å². The van der Waals surface area contributed by atoms with Gasteiger partial charge in [-0.25, -0.2) is 4.39 Å². The summed E-state index contributed by atoms with van der Waals surface area (Å²) in [6, 6.07) is 2.72. The Bertz CT molecular complexity index is 338. The van der Waals surface area contributed by atoms with E-state index in [1.165, 1.54) is 19.1 Å². The summed E-state index contributed by atoms with van der Waals surface area (Å²) < 4.78 is 12.9. The number of benzene rings is 1. The summed E-state index contributed by atoms with van der Waals surface area (Å²) in [5.41, 5.74) is 5.28. The van der Waals surface area contributed by atoms with Gasteiger partial charge in [-0.05, 0) is 19.1 Å². The summed E-state index contributed by atoms with van der Waals surface area (Å²) in [6.07, 6.45) is 0. The Labute approximate surface area is 74.1 Å². The van der Waals surface area contributed by atoms with Crippen molar-refractivity contribution in [3.8, 4) is 0 Å². The molecule has 1 aromatic carbocycles. The van der Waals surface area contributed by atoms with Crippen LogP contribution in [0.1, 0.15) is 17.3 Å². The molecule has 4 heteroatoms. The number of ketones is 1. The van der Waals surface area contributed by atoms with Crippen molar-refractivity contribution in [2.75, 3.05) is 5.73 Å². The van der Waals surface area contributed by atoms with Gasteiger partial charge in [0.25, 0.3) is 0 Å². The molecule has 1 rings (SSSR count). The van der Waals surface area contributed by atoms with Gasteiger partial charge in [-0.15, -0.1) is 0 Å². The first-order chi connectivity index (χ1) is 5.54. The highest BCUT2D eigenvalue weighted by atomic mass is 35.5. The number of nitrogens with two attached hydrogens (primary N) is 1. The highest BCUT2D eigenvalue weighted by Gasteiger charge is 2.11. The van der Waals surface area contributed by atoms with E-state index < -0.39 is 5.82 Å². The second-order valence-corrected chi connectivity index (χ2v) is 2.79. The summed E-state index contributed by atoms with van der Waals surface area (Å²) in [4.78, 5) is 10.8. The van der Waals surface area contributed by atoms with E-state index in [4.69, 9.17) is 17.3 Å². The summed E-state index contributed by atoms with van der Waals surface area (Å²) in [5, 5.41) is -0.0718. The first-order valence-corrected chi connectivity index (χ1v) is 3.66. The molecule has 0 aliphatic heterocycles. The zero-order valence-electron chi connectivity index (χ0n) is 6.40. The van der Waals surface area contributed by atoms with E-state index in [2.05, 4.69) is 0 Å². The summed E-state index contributed by atoms with van der Waals surface area (Å²) in [6.45, 7) is 1.32. The number of nitrogen functional groups attached to an aromatic ring is 1. The maximum Gasteiger partial charge on any atom is 0.165 e. The van der Waals surface area contributed by atoms with Gasteiger partial charge >= 0.3 is 0 Å². The molecule has 0 bridgehead atoms. The van der Waals surface area contributed by atoms with Crippen molar-refractivity contribution < 1.29 is 9.18 Å². The Hall–Kier alpha value is -1.09. The number of carbonyl (C=O) groups excluding carboxylic acids is 1. The molecule has 0 atom stereocenters. The number of anilines is 1. The van der Waals surface area contributed by atoms with Crippen molar-refractivity contribution in [3.63, 3.8) is 0 Å². The Morgan fingerprint density at radius 1 is 1.58 bits per heavy atom. The van der Waals surface area contributed by atoms with Gasteiger partial charge in [0.15, 0.2) is 11.6 Å². The molecule has 0 spiro atoms. The third kappa shape index (κ3) is 1.41. The van der Waals surface area contributed by atoms with Crippen molar-refractivity contribution in [1.82, 2.24) is 0 Å². The lowest BCUT2D eigenvalue weighted by Crippen LogP contribution is -2.02. The van der Waals surface area contributed by atoms with E-state index in [9.17, 15) is 9.18 Å². The van der Waals surface area contributed by atoms with Crippen LogP contribution in [0.25, 0.3) is 0 Å². The third-order valence-corrected chi connectivity index (χ3v) is 1.80. The average Bonchev–Trinajstić information content (AvgIpc) is 2.00. The summed E-state index contributed by atoms with van der Waals surface area (Å²) in [5.74, 6) is -1.01. The van der Waals surface area contributed by atoms with Crippen molar-refractivity contribution in [3.05, 3.63) is 28.5 Å². The first-order valence-electron chi connectivity index (χ1n) is 3.28. The lowest BCUT2D eigenvalue weighted by Gasteiger charge is -2.03. The molecule has 2 nitrogen and oxygen atoms in total. The number of carbonyl (C=O) groups is 1. The SMILES string of the molecule is CC(=O)c1ccc(Cl)c(F)c1N. The molecule has 0 aliphatic rings. The van der Waals surface area contributed by atoms with Gasteiger partial charge in [0.1, 0.15) is 0 Å². The molecular formula is C8H7ClFNO. The van der Waals surface area contributed by atoms with Gasteiger partial charge < -0.3 is 5.73 Å². The summed E-state index contributed by atoms with van der Waals surface area (Å²) >= 11 is 5.42. The van der Waals surface area contributed by atoms with Crippen LogP contribution in [-0.4, -0.2) is 5.78 Å². The number of hydrogen-bond acceptors (Lipinski definition) is 2. The van der Waals surface area contributed by atoms with E-state index >= 15 is 0 Å². The molecule has 0 heterocycles. The second-order valence-electron chi connectivity index (χ2n) is 2.38. The number of Topliss-reactive ketones (excluding diaryl/α,β-unsaturated/α-hetero) is 1. The second kappa shape index (κ2) is 3.11. The highest BCUT2D eigenvalue weighted by Crippen LogP contribution is 2.23. The van der Waals surface area contributed by atoms with E-state index in [1.807, 2.05) is 0 Å². The quantitative estimate of drug-likeness (QED) is 0.541. The maximum absolute atomic E-state index is 12.9. The minimum atomic E-state index is -0.732. The topological polar surface area (TPSA) is 43.1 Å². The molecule has 0 aliphatic carbocycles. The minimum Gasteiger partial charge on any atom is -0.396 e. The van der Waals surface area contributed by atoms with E-state index in [0.29, 0.717) is 0 Å². The zero-order valence-corrected chi connectivity index (χ0v) is 7.15.